The second-order valence-electron chi connectivity index (χ2n) is 3.85. The molecular weight excluding hydrogens is 212 g/mol. The molecule has 1 aliphatic heterocycles. The van der Waals surface area contributed by atoms with Crippen molar-refractivity contribution in [2.75, 3.05) is 20.3 Å². The quantitative estimate of drug-likeness (QED) is 0.533. The van der Waals surface area contributed by atoms with Crippen molar-refractivity contribution in [3.8, 4) is 0 Å². The Morgan fingerprint density at radius 2 is 2.50 bits per heavy atom. The van der Waals surface area contributed by atoms with Crippen LogP contribution in [0.2, 0.25) is 0 Å². The molecule has 1 heterocycles. The molecular formula is C10H18N2O4. The van der Waals surface area contributed by atoms with Gasteiger partial charge in [0.25, 0.3) is 0 Å². The average Bonchev–Trinajstić information content (AvgIpc) is 2.65. The molecule has 2 amide bonds. The molecule has 0 bridgehead atoms. The highest BCUT2D eigenvalue weighted by Crippen LogP contribution is 2.06. The second-order valence-corrected chi connectivity index (χ2v) is 3.85. The van der Waals surface area contributed by atoms with Crippen LogP contribution in [0, 0.1) is 0 Å². The maximum absolute atomic E-state index is 11.5. The van der Waals surface area contributed by atoms with E-state index < -0.39 is 12.1 Å². The summed E-state index contributed by atoms with van der Waals surface area (Å²) in [7, 11) is 1.51. The number of ether oxygens (including phenoxy) is 1. The van der Waals surface area contributed by atoms with Crippen molar-refractivity contribution in [1.29, 1.82) is 0 Å². The summed E-state index contributed by atoms with van der Waals surface area (Å²) in [5.41, 5.74) is 0. The Hall–Kier alpha value is -1.14. The molecule has 0 spiro atoms. The Kier molecular flexibility index (Phi) is 5.21. The van der Waals surface area contributed by atoms with E-state index >= 15 is 0 Å². The molecule has 0 aromatic rings. The van der Waals surface area contributed by atoms with Crippen LogP contribution in [0.3, 0.4) is 0 Å². The molecule has 0 radical (unpaired) electrons. The standard InChI is InChI=1S/C10H18N2O4/c1-16-6-7(13)4-5-11-10(15)8-2-3-9(14)12-8/h7-8,13H,2-6H2,1H3,(H,11,15)(H,12,14)/t7?,8-/m1/s1. The van der Waals surface area contributed by atoms with Crippen LogP contribution in [-0.2, 0) is 14.3 Å². The van der Waals surface area contributed by atoms with Gasteiger partial charge < -0.3 is 20.5 Å². The molecule has 2 atom stereocenters. The Morgan fingerprint density at radius 1 is 1.75 bits per heavy atom. The highest BCUT2D eigenvalue weighted by Gasteiger charge is 2.26. The van der Waals surface area contributed by atoms with Gasteiger partial charge in [0.2, 0.25) is 11.8 Å². The summed E-state index contributed by atoms with van der Waals surface area (Å²) in [4.78, 5) is 22.4. The van der Waals surface area contributed by atoms with Gasteiger partial charge >= 0.3 is 0 Å². The van der Waals surface area contributed by atoms with Gasteiger partial charge in [0.1, 0.15) is 6.04 Å². The number of hydrogen-bond donors (Lipinski definition) is 3. The van der Waals surface area contributed by atoms with Crippen molar-refractivity contribution in [3.63, 3.8) is 0 Å². The summed E-state index contributed by atoms with van der Waals surface area (Å²) >= 11 is 0. The van der Waals surface area contributed by atoms with Crippen LogP contribution in [0.25, 0.3) is 0 Å². The van der Waals surface area contributed by atoms with Crippen LogP contribution >= 0.6 is 0 Å². The summed E-state index contributed by atoms with van der Waals surface area (Å²) in [6, 6.07) is -0.410. The molecule has 0 aromatic heterocycles. The SMILES string of the molecule is COCC(O)CCNC(=O)[C@H]1CCC(=O)N1. The highest BCUT2D eigenvalue weighted by molar-refractivity contribution is 5.90. The first-order valence-electron chi connectivity index (χ1n) is 5.37. The molecule has 92 valence electrons. The zero-order chi connectivity index (χ0) is 12.0. The van der Waals surface area contributed by atoms with Crippen molar-refractivity contribution < 1.29 is 19.4 Å². The molecule has 1 saturated heterocycles. The van der Waals surface area contributed by atoms with Gasteiger partial charge in [-0.15, -0.1) is 0 Å². The largest absolute Gasteiger partial charge is 0.391 e. The van der Waals surface area contributed by atoms with Crippen LogP contribution in [-0.4, -0.2) is 49.3 Å². The van der Waals surface area contributed by atoms with E-state index in [1.807, 2.05) is 0 Å². The van der Waals surface area contributed by atoms with E-state index in [4.69, 9.17) is 4.74 Å². The lowest BCUT2D eigenvalue weighted by Crippen LogP contribution is -2.42. The molecule has 1 rings (SSSR count). The van der Waals surface area contributed by atoms with Gasteiger partial charge in [0.15, 0.2) is 0 Å². The fraction of sp³-hybridized carbons (Fsp3) is 0.800. The van der Waals surface area contributed by atoms with Gasteiger partial charge in [-0.1, -0.05) is 0 Å². The van der Waals surface area contributed by atoms with Crippen LogP contribution in [0.4, 0.5) is 0 Å². The lowest BCUT2D eigenvalue weighted by molar-refractivity contribution is -0.125. The van der Waals surface area contributed by atoms with Crippen LogP contribution in [0.5, 0.6) is 0 Å². The molecule has 0 saturated carbocycles. The van der Waals surface area contributed by atoms with Crippen molar-refractivity contribution in [1.82, 2.24) is 10.6 Å². The van der Waals surface area contributed by atoms with E-state index in [0.29, 0.717) is 25.8 Å². The van der Waals surface area contributed by atoms with Gasteiger partial charge in [0.05, 0.1) is 12.7 Å². The zero-order valence-corrected chi connectivity index (χ0v) is 9.36. The summed E-state index contributed by atoms with van der Waals surface area (Å²) in [5, 5.41) is 14.6. The van der Waals surface area contributed by atoms with Crippen molar-refractivity contribution in [3.05, 3.63) is 0 Å². The fourth-order valence-electron chi connectivity index (χ4n) is 1.57. The number of aliphatic hydroxyl groups is 1. The van der Waals surface area contributed by atoms with E-state index in [-0.39, 0.29) is 18.4 Å². The second kappa shape index (κ2) is 6.44. The minimum Gasteiger partial charge on any atom is -0.391 e. The third-order valence-electron chi connectivity index (χ3n) is 2.45. The first-order chi connectivity index (χ1) is 7.63. The monoisotopic (exact) mass is 230 g/mol. The topological polar surface area (TPSA) is 87.7 Å². The predicted octanol–water partition coefficient (Wildman–Crippen LogP) is -1.22. The molecule has 6 heteroatoms. The van der Waals surface area contributed by atoms with E-state index in [1.165, 1.54) is 7.11 Å². The normalized spacial score (nSPS) is 21.6. The molecule has 1 fully saturated rings. The first kappa shape index (κ1) is 12.9. The molecule has 0 aliphatic carbocycles. The smallest absolute Gasteiger partial charge is 0.242 e. The Labute approximate surface area is 94.3 Å². The minimum atomic E-state index is -0.566. The van der Waals surface area contributed by atoms with E-state index in [0.717, 1.165) is 0 Å². The van der Waals surface area contributed by atoms with Crippen LogP contribution in [0.15, 0.2) is 0 Å². The lowest BCUT2D eigenvalue weighted by Gasteiger charge is -2.13. The Bertz CT molecular complexity index is 257. The Morgan fingerprint density at radius 3 is 3.06 bits per heavy atom. The molecule has 1 unspecified atom stereocenters. The maximum Gasteiger partial charge on any atom is 0.242 e. The molecule has 0 aromatic carbocycles. The zero-order valence-electron chi connectivity index (χ0n) is 9.36. The summed E-state index contributed by atoms with van der Waals surface area (Å²) in [5.74, 6) is -0.268. The number of hydrogen-bond acceptors (Lipinski definition) is 4. The van der Waals surface area contributed by atoms with Crippen molar-refractivity contribution >= 4 is 11.8 Å². The summed E-state index contributed by atoms with van der Waals surface area (Å²) in [6.07, 6.45) is 0.833. The average molecular weight is 230 g/mol. The van der Waals surface area contributed by atoms with Crippen molar-refractivity contribution in [2.45, 2.75) is 31.4 Å². The fourth-order valence-corrected chi connectivity index (χ4v) is 1.57. The molecule has 6 nitrogen and oxygen atoms in total. The van der Waals surface area contributed by atoms with Gasteiger partial charge in [-0.25, -0.2) is 0 Å². The Balaban J connectivity index is 2.13. The number of nitrogens with one attached hydrogen (secondary N) is 2. The number of rotatable bonds is 6. The number of carbonyl (C=O) groups is 2. The lowest BCUT2D eigenvalue weighted by atomic mass is 10.2. The van der Waals surface area contributed by atoms with Gasteiger partial charge in [-0.2, -0.15) is 0 Å². The predicted molar refractivity (Wildman–Crippen MR) is 56.7 cm³/mol. The van der Waals surface area contributed by atoms with Crippen molar-refractivity contribution in [2.24, 2.45) is 0 Å². The van der Waals surface area contributed by atoms with E-state index in [2.05, 4.69) is 10.6 Å². The molecule has 16 heavy (non-hydrogen) atoms. The maximum atomic E-state index is 11.5. The summed E-state index contributed by atoms with van der Waals surface area (Å²) < 4.78 is 4.76. The van der Waals surface area contributed by atoms with E-state index in [1.54, 1.807) is 0 Å². The van der Waals surface area contributed by atoms with Gasteiger partial charge in [-0.3, -0.25) is 9.59 Å². The third-order valence-corrected chi connectivity index (χ3v) is 2.45. The van der Waals surface area contributed by atoms with Crippen LogP contribution in [0.1, 0.15) is 19.3 Å². The number of carbonyl (C=O) groups excluding carboxylic acids is 2. The number of amides is 2. The van der Waals surface area contributed by atoms with E-state index in [9.17, 15) is 14.7 Å². The van der Waals surface area contributed by atoms with Gasteiger partial charge in [-0.05, 0) is 12.8 Å². The third kappa shape index (κ3) is 4.16. The molecule has 3 N–H and O–H groups in total. The first-order valence-corrected chi connectivity index (χ1v) is 5.37. The summed E-state index contributed by atoms with van der Waals surface area (Å²) in [6.45, 7) is 0.645. The van der Waals surface area contributed by atoms with Gasteiger partial charge in [0, 0.05) is 20.1 Å². The number of methoxy groups -OCH3 is 1. The molecule has 1 aliphatic rings. The number of aliphatic hydroxyl groups excluding tert-OH is 1. The van der Waals surface area contributed by atoms with Crippen LogP contribution < -0.4 is 10.6 Å². The minimum absolute atomic E-state index is 0.0837. The highest BCUT2D eigenvalue weighted by atomic mass is 16.5.